The number of benzene rings is 1. The number of aliphatic hydroxyl groups is 1. The smallest absolute Gasteiger partial charge is 0.323 e. The van der Waals surface area contributed by atoms with Crippen LogP contribution in [0, 0.1) is 5.92 Å². The van der Waals surface area contributed by atoms with Crippen LogP contribution in [-0.4, -0.2) is 22.8 Å². The molecule has 18 heavy (non-hydrogen) atoms. The fourth-order valence-corrected chi connectivity index (χ4v) is 2.18. The van der Waals surface area contributed by atoms with Gasteiger partial charge in [0.2, 0.25) is 0 Å². The minimum Gasteiger partial charge on any atom is -0.426 e. The Morgan fingerprint density at radius 3 is 2.72 bits per heavy atom. The highest BCUT2D eigenvalue weighted by atomic mass is 16.5. The minimum atomic E-state index is -0.884. The second kappa shape index (κ2) is 4.90. The molecule has 0 saturated carbocycles. The Bertz CT molecular complexity index is 494. The zero-order valence-electron chi connectivity index (χ0n) is 10.8. The van der Waals surface area contributed by atoms with E-state index >= 15 is 0 Å². The first kappa shape index (κ1) is 12.8. The third kappa shape index (κ3) is 2.29. The molecule has 0 bridgehead atoms. The number of ether oxygens (including phenoxy) is 1. The van der Waals surface area contributed by atoms with Crippen LogP contribution in [0.2, 0.25) is 0 Å². The van der Waals surface area contributed by atoms with Crippen molar-refractivity contribution in [3.8, 4) is 5.75 Å². The number of rotatable bonds is 2. The molecule has 0 saturated heterocycles. The lowest BCUT2D eigenvalue weighted by Gasteiger charge is -2.28. The van der Waals surface area contributed by atoms with Crippen LogP contribution in [0.5, 0.6) is 5.75 Å². The molecule has 4 heteroatoms. The van der Waals surface area contributed by atoms with E-state index in [0.29, 0.717) is 17.0 Å². The number of fused-ring (bicyclic) bond motifs is 1. The van der Waals surface area contributed by atoms with Gasteiger partial charge in [0.25, 0.3) is 0 Å². The van der Waals surface area contributed by atoms with E-state index in [4.69, 9.17) is 4.74 Å². The summed E-state index contributed by atoms with van der Waals surface area (Å²) >= 11 is 0. The van der Waals surface area contributed by atoms with Crippen LogP contribution in [-0.2, 0) is 4.79 Å². The van der Waals surface area contributed by atoms with E-state index in [9.17, 15) is 9.90 Å². The van der Waals surface area contributed by atoms with Crippen molar-refractivity contribution in [2.45, 2.75) is 32.9 Å². The fourth-order valence-electron chi connectivity index (χ4n) is 2.18. The van der Waals surface area contributed by atoms with Crippen LogP contribution in [0.1, 0.15) is 32.4 Å². The zero-order valence-corrected chi connectivity index (χ0v) is 10.8. The van der Waals surface area contributed by atoms with Crippen LogP contribution in [0.4, 0.5) is 0 Å². The Hall–Kier alpha value is -1.68. The standard InChI is InChI=1S/C14H17NO3/c1-8(2)15-9(3)12-13(16)10-6-4-5-7-11(10)18-14(12)17/h4-8,12-13,16H,1-3H3. The van der Waals surface area contributed by atoms with Gasteiger partial charge in [0.15, 0.2) is 0 Å². The molecule has 0 fully saturated rings. The maximum Gasteiger partial charge on any atom is 0.323 e. The number of esters is 1. The van der Waals surface area contributed by atoms with Crippen molar-refractivity contribution in [1.82, 2.24) is 0 Å². The summed E-state index contributed by atoms with van der Waals surface area (Å²) in [7, 11) is 0. The van der Waals surface area contributed by atoms with Crippen molar-refractivity contribution in [2.24, 2.45) is 10.9 Å². The number of aliphatic imine (C=N–C) groups is 1. The fraction of sp³-hybridized carbons (Fsp3) is 0.429. The summed E-state index contributed by atoms with van der Waals surface area (Å²) in [5, 5.41) is 10.3. The molecule has 96 valence electrons. The summed E-state index contributed by atoms with van der Waals surface area (Å²) in [4.78, 5) is 16.3. The van der Waals surface area contributed by atoms with Crippen molar-refractivity contribution in [3.05, 3.63) is 29.8 Å². The maximum atomic E-state index is 11.9. The lowest BCUT2D eigenvalue weighted by atomic mass is 9.89. The van der Waals surface area contributed by atoms with Gasteiger partial charge in [0.1, 0.15) is 17.8 Å². The lowest BCUT2D eigenvalue weighted by Crippen LogP contribution is -2.36. The van der Waals surface area contributed by atoms with Crippen molar-refractivity contribution in [2.75, 3.05) is 0 Å². The monoisotopic (exact) mass is 247 g/mol. The van der Waals surface area contributed by atoms with Crippen molar-refractivity contribution >= 4 is 11.7 Å². The molecule has 4 nitrogen and oxygen atoms in total. The number of para-hydroxylation sites is 1. The van der Waals surface area contributed by atoms with Gasteiger partial charge in [-0.05, 0) is 26.8 Å². The molecule has 0 aromatic heterocycles. The third-order valence-electron chi connectivity index (χ3n) is 2.93. The maximum absolute atomic E-state index is 11.9. The highest BCUT2D eigenvalue weighted by Gasteiger charge is 2.38. The van der Waals surface area contributed by atoms with Gasteiger partial charge in [0, 0.05) is 17.3 Å². The Labute approximate surface area is 106 Å². The van der Waals surface area contributed by atoms with Crippen molar-refractivity contribution in [1.29, 1.82) is 0 Å². The zero-order chi connectivity index (χ0) is 13.3. The first-order valence-electron chi connectivity index (χ1n) is 6.03. The van der Waals surface area contributed by atoms with Gasteiger partial charge in [-0.1, -0.05) is 18.2 Å². The van der Waals surface area contributed by atoms with Gasteiger partial charge in [0.05, 0.1) is 0 Å². The Kier molecular flexibility index (Phi) is 3.48. The molecule has 0 radical (unpaired) electrons. The predicted molar refractivity (Wildman–Crippen MR) is 68.8 cm³/mol. The number of nitrogens with zero attached hydrogens (tertiary/aromatic N) is 1. The molecule has 0 amide bonds. The second-order valence-corrected chi connectivity index (χ2v) is 4.75. The quantitative estimate of drug-likeness (QED) is 0.495. The summed E-state index contributed by atoms with van der Waals surface area (Å²) in [5.41, 5.74) is 1.25. The van der Waals surface area contributed by atoms with Crippen molar-refractivity contribution in [3.63, 3.8) is 0 Å². The number of hydrogen-bond donors (Lipinski definition) is 1. The Morgan fingerprint density at radius 2 is 2.06 bits per heavy atom. The van der Waals surface area contributed by atoms with Gasteiger partial charge in [-0.3, -0.25) is 9.79 Å². The van der Waals surface area contributed by atoms with Gasteiger partial charge < -0.3 is 9.84 Å². The molecule has 0 spiro atoms. The minimum absolute atomic E-state index is 0.0853. The van der Waals surface area contributed by atoms with Gasteiger partial charge in [-0.25, -0.2) is 0 Å². The summed E-state index contributed by atoms with van der Waals surface area (Å²) in [6, 6.07) is 7.12. The normalized spacial score (nSPS) is 23.8. The van der Waals surface area contributed by atoms with Gasteiger partial charge in [-0.2, -0.15) is 0 Å². The highest BCUT2D eigenvalue weighted by molar-refractivity contribution is 6.03. The van der Waals surface area contributed by atoms with E-state index in [1.54, 1.807) is 25.1 Å². The molecule has 1 aliphatic heterocycles. The van der Waals surface area contributed by atoms with Crippen LogP contribution < -0.4 is 4.74 Å². The summed E-state index contributed by atoms with van der Waals surface area (Å²) in [6.07, 6.45) is -0.884. The average molecular weight is 247 g/mol. The SMILES string of the molecule is CC(=NC(C)C)C1C(=O)Oc2ccccc2C1O. The number of carbonyl (C=O) groups excluding carboxylic acids is 1. The largest absolute Gasteiger partial charge is 0.426 e. The van der Waals surface area contributed by atoms with E-state index in [1.165, 1.54) is 0 Å². The molecule has 2 unspecified atom stereocenters. The van der Waals surface area contributed by atoms with Crippen LogP contribution in [0.3, 0.4) is 0 Å². The lowest BCUT2D eigenvalue weighted by molar-refractivity contribution is -0.141. The molecular formula is C14H17NO3. The predicted octanol–water partition coefficient (Wildman–Crippen LogP) is 2.12. The molecule has 1 heterocycles. The first-order valence-corrected chi connectivity index (χ1v) is 6.03. The van der Waals surface area contributed by atoms with Gasteiger partial charge in [-0.15, -0.1) is 0 Å². The van der Waals surface area contributed by atoms with Crippen LogP contribution in [0.15, 0.2) is 29.3 Å². The van der Waals surface area contributed by atoms with E-state index in [-0.39, 0.29) is 6.04 Å². The highest BCUT2D eigenvalue weighted by Crippen LogP contribution is 2.36. The first-order chi connectivity index (χ1) is 8.50. The summed E-state index contributed by atoms with van der Waals surface area (Å²) in [5.74, 6) is -0.714. The number of hydrogen-bond acceptors (Lipinski definition) is 4. The van der Waals surface area contributed by atoms with E-state index < -0.39 is 18.0 Å². The molecule has 2 rings (SSSR count). The molecule has 1 aromatic rings. The van der Waals surface area contributed by atoms with E-state index in [1.807, 2.05) is 19.9 Å². The van der Waals surface area contributed by atoms with E-state index in [2.05, 4.69) is 4.99 Å². The van der Waals surface area contributed by atoms with Gasteiger partial charge >= 0.3 is 5.97 Å². The molecule has 1 aromatic carbocycles. The number of carbonyl (C=O) groups is 1. The second-order valence-electron chi connectivity index (χ2n) is 4.75. The molecule has 0 aliphatic carbocycles. The summed E-state index contributed by atoms with van der Waals surface area (Å²) in [6.45, 7) is 5.61. The Morgan fingerprint density at radius 1 is 1.39 bits per heavy atom. The average Bonchev–Trinajstić information content (AvgIpc) is 2.27. The Balaban J connectivity index is 2.38. The molecular weight excluding hydrogens is 230 g/mol. The molecule has 2 atom stereocenters. The van der Waals surface area contributed by atoms with E-state index in [0.717, 1.165) is 0 Å². The molecule has 1 N–H and O–H groups in total. The topological polar surface area (TPSA) is 58.9 Å². The third-order valence-corrected chi connectivity index (χ3v) is 2.93. The van der Waals surface area contributed by atoms with Crippen LogP contribution >= 0.6 is 0 Å². The van der Waals surface area contributed by atoms with Crippen molar-refractivity contribution < 1.29 is 14.6 Å². The van der Waals surface area contributed by atoms with Crippen LogP contribution in [0.25, 0.3) is 0 Å². The molecule has 1 aliphatic rings. The number of aliphatic hydroxyl groups excluding tert-OH is 1. The summed E-state index contributed by atoms with van der Waals surface area (Å²) < 4.78 is 5.24.